The number of aromatic nitrogens is 2. The number of methoxy groups -OCH3 is 1. The van der Waals surface area contributed by atoms with Gasteiger partial charge in [-0.1, -0.05) is 12.1 Å². The van der Waals surface area contributed by atoms with Crippen LogP contribution in [-0.2, 0) is 13.6 Å². The Labute approximate surface area is 138 Å². The van der Waals surface area contributed by atoms with Crippen molar-refractivity contribution in [1.82, 2.24) is 9.13 Å². The summed E-state index contributed by atoms with van der Waals surface area (Å²) in [6.45, 7) is 1.37. The van der Waals surface area contributed by atoms with Crippen molar-refractivity contribution in [2.75, 3.05) is 19.5 Å². The summed E-state index contributed by atoms with van der Waals surface area (Å²) in [6, 6.07) is 7.03. The summed E-state index contributed by atoms with van der Waals surface area (Å²) in [6.07, 6.45) is 0. The number of rotatable bonds is 5. The third-order valence-electron chi connectivity index (χ3n) is 3.58. The van der Waals surface area contributed by atoms with Crippen molar-refractivity contribution in [2.24, 2.45) is 12.0 Å². The minimum absolute atomic E-state index is 0.0440. The normalized spacial score (nSPS) is 11.6. The summed E-state index contributed by atoms with van der Waals surface area (Å²) in [5, 5.41) is 9.06. The van der Waals surface area contributed by atoms with Crippen molar-refractivity contribution in [1.29, 1.82) is 0 Å². The standard InChI is InChI=1S/C16H20N4O4/c1-10(9-21)18-14-13(17)15(22)20(16(23)19(14)2)8-11-4-6-12(24-3)7-5-11/h4-7,21H,8-9,17H2,1-3H3. The first kappa shape index (κ1) is 17.5. The highest BCUT2D eigenvalue weighted by molar-refractivity contribution is 5.86. The number of hydrogen-bond donors (Lipinski definition) is 2. The highest BCUT2D eigenvalue weighted by atomic mass is 16.5. The number of anilines is 1. The van der Waals surface area contributed by atoms with Gasteiger partial charge in [-0.15, -0.1) is 0 Å². The van der Waals surface area contributed by atoms with E-state index in [1.165, 1.54) is 11.6 Å². The van der Waals surface area contributed by atoms with Gasteiger partial charge in [0.1, 0.15) is 11.4 Å². The minimum Gasteiger partial charge on any atom is -0.497 e. The van der Waals surface area contributed by atoms with E-state index in [1.807, 2.05) is 0 Å². The molecule has 0 fully saturated rings. The van der Waals surface area contributed by atoms with Gasteiger partial charge in [0, 0.05) is 12.8 Å². The lowest BCUT2D eigenvalue weighted by Crippen LogP contribution is -2.40. The lowest BCUT2D eigenvalue weighted by atomic mass is 10.2. The largest absolute Gasteiger partial charge is 0.497 e. The molecule has 0 radical (unpaired) electrons. The molecule has 0 aliphatic heterocycles. The van der Waals surface area contributed by atoms with E-state index in [0.29, 0.717) is 11.5 Å². The van der Waals surface area contributed by atoms with E-state index in [0.717, 1.165) is 10.1 Å². The Balaban J connectivity index is 2.52. The van der Waals surface area contributed by atoms with Crippen LogP contribution in [0.25, 0.3) is 0 Å². The molecule has 1 aromatic heterocycles. The summed E-state index contributed by atoms with van der Waals surface area (Å²) in [4.78, 5) is 28.9. The Morgan fingerprint density at radius 1 is 1.29 bits per heavy atom. The van der Waals surface area contributed by atoms with Gasteiger partial charge in [0.25, 0.3) is 5.56 Å². The smallest absolute Gasteiger partial charge is 0.332 e. The number of ether oxygens (including phenoxy) is 1. The zero-order valence-corrected chi connectivity index (χ0v) is 13.8. The molecule has 0 spiro atoms. The fourth-order valence-electron chi connectivity index (χ4n) is 2.18. The van der Waals surface area contributed by atoms with E-state index in [4.69, 9.17) is 15.6 Å². The maximum atomic E-state index is 12.5. The molecule has 0 aliphatic rings. The first-order valence-electron chi connectivity index (χ1n) is 7.26. The van der Waals surface area contributed by atoms with Gasteiger partial charge in [-0.2, -0.15) is 0 Å². The average molecular weight is 332 g/mol. The molecule has 0 saturated heterocycles. The number of aliphatic hydroxyl groups excluding tert-OH is 1. The maximum absolute atomic E-state index is 12.5. The number of benzene rings is 1. The molecule has 2 rings (SSSR count). The van der Waals surface area contributed by atoms with Crippen LogP contribution < -0.4 is 21.7 Å². The van der Waals surface area contributed by atoms with E-state index >= 15 is 0 Å². The molecule has 8 heteroatoms. The third kappa shape index (κ3) is 3.38. The highest BCUT2D eigenvalue weighted by Gasteiger charge is 2.15. The van der Waals surface area contributed by atoms with Crippen LogP contribution in [-0.4, -0.2) is 33.7 Å². The molecule has 0 bridgehead atoms. The number of nitrogen functional groups attached to an aromatic ring is 1. The summed E-state index contributed by atoms with van der Waals surface area (Å²) >= 11 is 0. The van der Waals surface area contributed by atoms with E-state index in [1.54, 1.807) is 38.3 Å². The highest BCUT2D eigenvalue weighted by Crippen LogP contribution is 2.16. The molecular weight excluding hydrogens is 312 g/mol. The Kier molecular flexibility index (Phi) is 5.20. The van der Waals surface area contributed by atoms with Crippen molar-refractivity contribution in [2.45, 2.75) is 13.5 Å². The van der Waals surface area contributed by atoms with Gasteiger partial charge < -0.3 is 15.6 Å². The zero-order valence-electron chi connectivity index (χ0n) is 13.8. The van der Waals surface area contributed by atoms with Crippen LogP contribution >= 0.6 is 0 Å². The van der Waals surface area contributed by atoms with Crippen LogP contribution in [0.15, 0.2) is 38.8 Å². The van der Waals surface area contributed by atoms with Crippen LogP contribution in [0.5, 0.6) is 5.75 Å². The summed E-state index contributed by atoms with van der Waals surface area (Å²) in [7, 11) is 3.04. The summed E-state index contributed by atoms with van der Waals surface area (Å²) in [5.74, 6) is 0.727. The van der Waals surface area contributed by atoms with Crippen molar-refractivity contribution >= 4 is 17.2 Å². The third-order valence-corrected chi connectivity index (χ3v) is 3.58. The lowest BCUT2D eigenvalue weighted by molar-refractivity contribution is 0.357. The second kappa shape index (κ2) is 7.14. The second-order valence-corrected chi connectivity index (χ2v) is 5.32. The number of hydrogen-bond acceptors (Lipinski definition) is 6. The number of nitrogens with zero attached hydrogens (tertiary/aromatic N) is 3. The van der Waals surface area contributed by atoms with Gasteiger partial charge in [-0.25, -0.2) is 9.79 Å². The first-order chi connectivity index (χ1) is 11.4. The molecular formula is C16H20N4O4. The van der Waals surface area contributed by atoms with Crippen molar-refractivity contribution in [3.05, 3.63) is 50.7 Å². The van der Waals surface area contributed by atoms with Crippen LogP contribution in [0.1, 0.15) is 12.5 Å². The van der Waals surface area contributed by atoms with Crippen LogP contribution in [0.3, 0.4) is 0 Å². The molecule has 0 amide bonds. The fraction of sp³-hybridized carbons (Fsp3) is 0.312. The molecule has 24 heavy (non-hydrogen) atoms. The second-order valence-electron chi connectivity index (χ2n) is 5.32. The maximum Gasteiger partial charge on any atom is 0.332 e. The lowest BCUT2D eigenvalue weighted by Gasteiger charge is -2.12. The van der Waals surface area contributed by atoms with Gasteiger partial charge in [0.05, 0.1) is 20.3 Å². The van der Waals surface area contributed by atoms with Crippen LogP contribution in [0.4, 0.5) is 11.5 Å². The van der Waals surface area contributed by atoms with E-state index in [9.17, 15) is 9.59 Å². The van der Waals surface area contributed by atoms with Crippen molar-refractivity contribution < 1.29 is 9.84 Å². The Morgan fingerprint density at radius 2 is 1.92 bits per heavy atom. The van der Waals surface area contributed by atoms with Crippen LogP contribution in [0.2, 0.25) is 0 Å². The molecule has 1 aromatic carbocycles. The Bertz CT molecular complexity index is 841. The van der Waals surface area contributed by atoms with Crippen LogP contribution in [0, 0.1) is 0 Å². The molecule has 8 nitrogen and oxygen atoms in total. The predicted octanol–water partition coefficient (Wildman–Crippen LogP) is 0.271. The summed E-state index contributed by atoms with van der Waals surface area (Å²) < 4.78 is 7.32. The van der Waals surface area contributed by atoms with E-state index in [-0.39, 0.29) is 24.7 Å². The molecule has 0 unspecified atom stereocenters. The van der Waals surface area contributed by atoms with E-state index in [2.05, 4.69) is 4.99 Å². The summed E-state index contributed by atoms with van der Waals surface area (Å²) in [5.41, 5.74) is 5.68. The van der Waals surface area contributed by atoms with Gasteiger partial charge in [0.15, 0.2) is 5.82 Å². The Hall–Kier alpha value is -2.87. The minimum atomic E-state index is -0.613. The number of nitrogens with two attached hydrogens (primary N) is 1. The molecule has 0 atom stereocenters. The molecule has 2 aromatic rings. The van der Waals surface area contributed by atoms with Gasteiger partial charge in [-0.3, -0.25) is 13.9 Å². The topological polar surface area (TPSA) is 112 Å². The van der Waals surface area contributed by atoms with Gasteiger partial charge in [-0.05, 0) is 24.6 Å². The molecule has 0 aliphatic carbocycles. The molecule has 128 valence electrons. The first-order valence-corrected chi connectivity index (χ1v) is 7.26. The Morgan fingerprint density at radius 3 is 2.46 bits per heavy atom. The van der Waals surface area contributed by atoms with Gasteiger partial charge >= 0.3 is 5.69 Å². The number of aliphatic imine (C=N–C) groups is 1. The van der Waals surface area contributed by atoms with Crippen molar-refractivity contribution in [3.63, 3.8) is 0 Å². The monoisotopic (exact) mass is 332 g/mol. The quantitative estimate of drug-likeness (QED) is 0.763. The van der Waals surface area contributed by atoms with Crippen molar-refractivity contribution in [3.8, 4) is 5.75 Å². The zero-order chi connectivity index (χ0) is 17.9. The van der Waals surface area contributed by atoms with E-state index < -0.39 is 11.2 Å². The molecule has 1 heterocycles. The predicted molar refractivity (Wildman–Crippen MR) is 92.3 cm³/mol. The molecule has 3 N–H and O–H groups in total. The van der Waals surface area contributed by atoms with Gasteiger partial charge in [0.2, 0.25) is 0 Å². The molecule has 0 saturated carbocycles. The average Bonchev–Trinajstić information content (AvgIpc) is 2.61. The fourth-order valence-corrected chi connectivity index (χ4v) is 2.18. The number of aliphatic hydroxyl groups is 1. The SMILES string of the molecule is COc1ccc(Cn2c(=O)c(N)c(N=C(C)CO)n(C)c2=O)cc1.